The molecule has 3 rings (SSSR count). The molecular weight excluding hydrogens is 378 g/mol. The van der Waals surface area contributed by atoms with Gasteiger partial charge in [-0.2, -0.15) is 0 Å². The van der Waals surface area contributed by atoms with Crippen LogP contribution in [0.25, 0.3) is 0 Å². The van der Waals surface area contributed by atoms with E-state index in [2.05, 4.69) is 0 Å². The van der Waals surface area contributed by atoms with Crippen LogP contribution >= 0.6 is 0 Å². The van der Waals surface area contributed by atoms with Crippen molar-refractivity contribution in [1.29, 1.82) is 0 Å². The number of fused-ring (bicyclic) bond motifs is 1. The molecule has 2 aliphatic rings. The summed E-state index contributed by atoms with van der Waals surface area (Å²) in [5, 5.41) is 0. The van der Waals surface area contributed by atoms with Gasteiger partial charge in [-0.15, -0.1) is 0 Å². The van der Waals surface area contributed by atoms with E-state index in [0.717, 1.165) is 0 Å². The van der Waals surface area contributed by atoms with E-state index in [1.807, 2.05) is 0 Å². The van der Waals surface area contributed by atoms with Crippen molar-refractivity contribution in [2.24, 2.45) is 0 Å². The van der Waals surface area contributed by atoms with Crippen molar-refractivity contribution < 1.29 is 28.7 Å². The molecule has 9 heteroatoms. The lowest BCUT2D eigenvalue weighted by Gasteiger charge is -2.34. The highest BCUT2D eigenvalue weighted by Gasteiger charge is 2.36. The number of hydrogen-bond acceptors (Lipinski definition) is 6. The van der Waals surface area contributed by atoms with Gasteiger partial charge in [-0.1, -0.05) is 0 Å². The molecule has 0 unspecified atom stereocenters. The second kappa shape index (κ2) is 9.15. The zero-order chi connectivity index (χ0) is 21.0. The number of piperazine rings is 1. The highest BCUT2D eigenvalue weighted by atomic mass is 16.5. The SMILES string of the molecule is COCCCN1C(=O)c2ccc(C(=O)N3CCN(C(=O)COC)CC3)cc2C1=O. The van der Waals surface area contributed by atoms with E-state index in [1.54, 1.807) is 23.0 Å². The van der Waals surface area contributed by atoms with Gasteiger partial charge in [0, 0.05) is 59.1 Å². The van der Waals surface area contributed by atoms with Crippen LogP contribution in [0.3, 0.4) is 0 Å². The first-order valence-electron chi connectivity index (χ1n) is 9.53. The fraction of sp³-hybridized carbons (Fsp3) is 0.500. The van der Waals surface area contributed by atoms with Crippen LogP contribution in [0.4, 0.5) is 0 Å². The van der Waals surface area contributed by atoms with Gasteiger partial charge in [-0.3, -0.25) is 24.1 Å². The number of benzene rings is 1. The molecule has 0 saturated carbocycles. The molecule has 1 aromatic rings. The first-order valence-corrected chi connectivity index (χ1v) is 9.53. The van der Waals surface area contributed by atoms with Gasteiger partial charge >= 0.3 is 0 Å². The second-order valence-corrected chi connectivity index (χ2v) is 6.97. The summed E-state index contributed by atoms with van der Waals surface area (Å²) in [6.07, 6.45) is 0.555. The molecule has 9 nitrogen and oxygen atoms in total. The maximum absolute atomic E-state index is 12.9. The maximum atomic E-state index is 12.9. The van der Waals surface area contributed by atoms with E-state index in [0.29, 0.717) is 50.3 Å². The Morgan fingerprint density at radius 3 is 2.24 bits per heavy atom. The summed E-state index contributed by atoms with van der Waals surface area (Å²) in [5.41, 5.74) is 0.937. The third kappa shape index (κ3) is 4.30. The number of ether oxygens (including phenoxy) is 2. The van der Waals surface area contributed by atoms with Crippen molar-refractivity contribution in [2.75, 3.05) is 60.2 Å². The van der Waals surface area contributed by atoms with E-state index in [4.69, 9.17) is 9.47 Å². The number of hydrogen-bond donors (Lipinski definition) is 0. The van der Waals surface area contributed by atoms with Gasteiger partial charge in [0.15, 0.2) is 0 Å². The van der Waals surface area contributed by atoms with Gasteiger partial charge in [-0.25, -0.2) is 0 Å². The molecule has 0 N–H and O–H groups in total. The number of amides is 4. The zero-order valence-corrected chi connectivity index (χ0v) is 16.7. The average Bonchev–Trinajstić information content (AvgIpc) is 2.98. The van der Waals surface area contributed by atoms with Crippen LogP contribution in [0.1, 0.15) is 37.5 Å². The Morgan fingerprint density at radius 1 is 0.931 bits per heavy atom. The fourth-order valence-electron chi connectivity index (χ4n) is 3.55. The van der Waals surface area contributed by atoms with Gasteiger partial charge in [0.25, 0.3) is 17.7 Å². The molecule has 0 aliphatic carbocycles. The summed E-state index contributed by atoms with van der Waals surface area (Å²) in [6, 6.07) is 4.61. The van der Waals surface area contributed by atoms with Gasteiger partial charge in [-0.05, 0) is 24.6 Å². The first kappa shape index (κ1) is 20.9. The second-order valence-electron chi connectivity index (χ2n) is 6.97. The monoisotopic (exact) mass is 403 g/mol. The third-order valence-electron chi connectivity index (χ3n) is 5.14. The Balaban J connectivity index is 1.67. The number of methoxy groups -OCH3 is 2. The summed E-state index contributed by atoms with van der Waals surface area (Å²) >= 11 is 0. The normalized spacial score (nSPS) is 16.4. The molecule has 0 aromatic heterocycles. The predicted octanol–water partition coefficient (Wildman–Crippen LogP) is 0.250. The first-order chi connectivity index (χ1) is 14.0. The summed E-state index contributed by atoms with van der Waals surface area (Å²) in [7, 11) is 3.03. The number of rotatable bonds is 7. The van der Waals surface area contributed by atoms with E-state index in [9.17, 15) is 19.2 Å². The minimum atomic E-state index is -0.384. The summed E-state index contributed by atoms with van der Waals surface area (Å²) in [5.74, 6) is -1.05. The molecule has 1 aromatic carbocycles. The molecule has 0 spiro atoms. The van der Waals surface area contributed by atoms with Crippen LogP contribution in [0.2, 0.25) is 0 Å². The molecule has 156 valence electrons. The van der Waals surface area contributed by atoms with Crippen molar-refractivity contribution >= 4 is 23.6 Å². The van der Waals surface area contributed by atoms with Crippen LogP contribution < -0.4 is 0 Å². The largest absolute Gasteiger partial charge is 0.385 e. The molecule has 0 bridgehead atoms. The van der Waals surface area contributed by atoms with Crippen LogP contribution in [-0.2, 0) is 14.3 Å². The fourth-order valence-corrected chi connectivity index (χ4v) is 3.55. The molecule has 1 saturated heterocycles. The van der Waals surface area contributed by atoms with Crippen molar-refractivity contribution in [3.05, 3.63) is 34.9 Å². The molecule has 1 fully saturated rings. The van der Waals surface area contributed by atoms with Crippen LogP contribution in [-0.4, -0.2) is 98.5 Å². The quantitative estimate of drug-likeness (QED) is 0.478. The molecule has 2 aliphatic heterocycles. The van der Waals surface area contributed by atoms with Crippen LogP contribution in [0.15, 0.2) is 18.2 Å². The molecule has 0 atom stereocenters. The zero-order valence-electron chi connectivity index (χ0n) is 16.7. The highest BCUT2D eigenvalue weighted by molar-refractivity contribution is 6.22. The average molecular weight is 403 g/mol. The smallest absolute Gasteiger partial charge is 0.261 e. The van der Waals surface area contributed by atoms with E-state index in [-0.39, 0.29) is 42.3 Å². The van der Waals surface area contributed by atoms with E-state index >= 15 is 0 Å². The van der Waals surface area contributed by atoms with Crippen LogP contribution in [0, 0.1) is 0 Å². The predicted molar refractivity (Wildman–Crippen MR) is 103 cm³/mol. The molecule has 29 heavy (non-hydrogen) atoms. The minimum Gasteiger partial charge on any atom is -0.385 e. The Hall–Kier alpha value is -2.78. The van der Waals surface area contributed by atoms with Crippen LogP contribution in [0.5, 0.6) is 0 Å². The van der Waals surface area contributed by atoms with Crippen molar-refractivity contribution in [2.45, 2.75) is 6.42 Å². The number of carbonyl (C=O) groups is 4. The lowest BCUT2D eigenvalue weighted by atomic mass is 10.0. The lowest BCUT2D eigenvalue weighted by molar-refractivity contribution is -0.136. The van der Waals surface area contributed by atoms with Gasteiger partial charge in [0.1, 0.15) is 6.61 Å². The van der Waals surface area contributed by atoms with E-state index in [1.165, 1.54) is 24.1 Å². The topological polar surface area (TPSA) is 96.5 Å². The molecular formula is C20H25N3O6. The van der Waals surface area contributed by atoms with Crippen molar-refractivity contribution in [1.82, 2.24) is 14.7 Å². The number of imide groups is 1. The molecule has 4 amide bonds. The van der Waals surface area contributed by atoms with Gasteiger partial charge in [0.05, 0.1) is 11.1 Å². The maximum Gasteiger partial charge on any atom is 0.261 e. The Bertz CT molecular complexity index is 816. The summed E-state index contributed by atoms with van der Waals surface area (Å²) < 4.78 is 9.83. The Labute approximate surface area is 169 Å². The van der Waals surface area contributed by atoms with Gasteiger partial charge in [0.2, 0.25) is 5.91 Å². The van der Waals surface area contributed by atoms with Crippen molar-refractivity contribution in [3.8, 4) is 0 Å². The lowest BCUT2D eigenvalue weighted by Crippen LogP contribution is -2.51. The van der Waals surface area contributed by atoms with E-state index < -0.39 is 0 Å². The molecule has 2 heterocycles. The highest BCUT2D eigenvalue weighted by Crippen LogP contribution is 2.25. The molecule has 0 radical (unpaired) electrons. The number of nitrogens with zero attached hydrogens (tertiary/aromatic N) is 3. The van der Waals surface area contributed by atoms with Crippen molar-refractivity contribution in [3.63, 3.8) is 0 Å². The summed E-state index contributed by atoms with van der Waals surface area (Å²) in [4.78, 5) is 54.3. The van der Waals surface area contributed by atoms with Gasteiger partial charge < -0.3 is 19.3 Å². The third-order valence-corrected chi connectivity index (χ3v) is 5.14. The Morgan fingerprint density at radius 2 is 1.59 bits per heavy atom. The summed E-state index contributed by atoms with van der Waals surface area (Å²) in [6.45, 7) is 2.43. The Kier molecular flexibility index (Phi) is 6.60. The number of carbonyl (C=O) groups excluding carboxylic acids is 4. The minimum absolute atomic E-state index is 0.0236. The standard InChI is InChI=1S/C20H25N3O6/c1-28-11-3-6-23-19(26)15-5-4-14(12-16(15)20(23)27)18(25)22-9-7-21(8-10-22)17(24)13-29-2/h4-5,12H,3,6-11,13H2,1-2H3.